The summed E-state index contributed by atoms with van der Waals surface area (Å²) in [7, 11) is 0. The van der Waals surface area contributed by atoms with Crippen LogP contribution in [0, 0.1) is 28.6 Å². The van der Waals surface area contributed by atoms with Crippen LogP contribution in [0.25, 0.3) is 0 Å². The Morgan fingerprint density at radius 3 is 1.58 bits per heavy atom. The van der Waals surface area contributed by atoms with E-state index in [1.54, 1.807) is 6.92 Å². The van der Waals surface area contributed by atoms with Crippen molar-refractivity contribution < 1.29 is 14.4 Å². The zero-order valence-electron chi connectivity index (χ0n) is 18.9. The van der Waals surface area contributed by atoms with E-state index < -0.39 is 5.41 Å². The maximum Gasteiger partial charge on any atom is 0.162 e. The van der Waals surface area contributed by atoms with Gasteiger partial charge in [0.05, 0.1) is 0 Å². The van der Waals surface area contributed by atoms with Gasteiger partial charge in [0.2, 0.25) is 0 Å². The molecular weight excluding hydrogens is 324 g/mol. The van der Waals surface area contributed by atoms with Crippen molar-refractivity contribution in [3.05, 3.63) is 11.1 Å². The van der Waals surface area contributed by atoms with E-state index in [1.807, 2.05) is 55.4 Å². The lowest BCUT2D eigenvalue weighted by Gasteiger charge is -2.32. The highest BCUT2D eigenvalue weighted by atomic mass is 16.1. The van der Waals surface area contributed by atoms with Gasteiger partial charge in [-0.2, -0.15) is 0 Å². The minimum atomic E-state index is -0.453. The summed E-state index contributed by atoms with van der Waals surface area (Å²) in [5.41, 5.74) is 1.02. The van der Waals surface area contributed by atoms with E-state index in [-0.39, 0.29) is 46.9 Å². The second-order valence-corrected chi connectivity index (χ2v) is 10.2. The first-order chi connectivity index (χ1) is 11.5. The molecule has 0 aliphatic rings. The topological polar surface area (TPSA) is 51.2 Å². The SMILES string of the molecule is CC(=O)C(C)C/C(=C(\C)C(=O)C(CC(=O)C(C)(C)C)C(C)(C)C)C(C)C. The highest BCUT2D eigenvalue weighted by Gasteiger charge is 2.37. The molecule has 2 atom stereocenters. The molecule has 150 valence electrons. The molecule has 0 bridgehead atoms. The number of Topliss-reactive ketones (excluding diaryl/α,β-unsaturated/α-hetero) is 3. The Labute approximate surface area is 161 Å². The van der Waals surface area contributed by atoms with Crippen LogP contribution < -0.4 is 0 Å². The van der Waals surface area contributed by atoms with Gasteiger partial charge in [-0.25, -0.2) is 0 Å². The van der Waals surface area contributed by atoms with E-state index in [0.29, 0.717) is 6.42 Å². The van der Waals surface area contributed by atoms with E-state index in [2.05, 4.69) is 13.8 Å². The maximum absolute atomic E-state index is 13.4. The van der Waals surface area contributed by atoms with Gasteiger partial charge in [-0.3, -0.25) is 14.4 Å². The fourth-order valence-electron chi connectivity index (χ4n) is 3.00. The van der Waals surface area contributed by atoms with E-state index in [9.17, 15) is 14.4 Å². The van der Waals surface area contributed by atoms with Gasteiger partial charge in [-0.05, 0) is 37.2 Å². The second-order valence-electron chi connectivity index (χ2n) is 10.2. The Morgan fingerprint density at radius 1 is 0.808 bits per heavy atom. The van der Waals surface area contributed by atoms with Crippen LogP contribution in [0.3, 0.4) is 0 Å². The number of allylic oxidation sites excluding steroid dienone is 2. The average molecular weight is 365 g/mol. The Hall–Kier alpha value is -1.25. The third-order valence-corrected chi connectivity index (χ3v) is 5.36. The van der Waals surface area contributed by atoms with Gasteiger partial charge in [-0.15, -0.1) is 0 Å². The highest BCUT2D eigenvalue weighted by molar-refractivity contribution is 6.00. The van der Waals surface area contributed by atoms with Crippen molar-refractivity contribution in [2.45, 2.75) is 89.0 Å². The molecule has 0 spiro atoms. The molecule has 0 N–H and O–H groups in total. The molecule has 3 heteroatoms. The fraction of sp³-hybridized carbons (Fsp3) is 0.783. The molecular formula is C23H40O3. The van der Waals surface area contributed by atoms with Gasteiger partial charge in [0, 0.05) is 23.7 Å². The summed E-state index contributed by atoms with van der Waals surface area (Å²) in [6.07, 6.45) is 0.867. The quantitative estimate of drug-likeness (QED) is 0.511. The Balaban J connectivity index is 5.91. The van der Waals surface area contributed by atoms with Crippen LogP contribution in [0.4, 0.5) is 0 Å². The lowest BCUT2D eigenvalue weighted by atomic mass is 9.70. The summed E-state index contributed by atoms with van der Waals surface area (Å²) in [5.74, 6) is 0.0461. The molecule has 26 heavy (non-hydrogen) atoms. The number of hydrogen-bond donors (Lipinski definition) is 0. The average Bonchev–Trinajstić information content (AvgIpc) is 2.45. The maximum atomic E-state index is 13.4. The van der Waals surface area contributed by atoms with Crippen molar-refractivity contribution in [2.75, 3.05) is 0 Å². The monoisotopic (exact) mass is 364 g/mol. The van der Waals surface area contributed by atoms with E-state index in [4.69, 9.17) is 0 Å². The molecule has 0 aliphatic carbocycles. The second kappa shape index (κ2) is 9.10. The van der Waals surface area contributed by atoms with Crippen LogP contribution in [0.5, 0.6) is 0 Å². The molecule has 0 fully saturated rings. The van der Waals surface area contributed by atoms with Crippen LogP contribution in [-0.4, -0.2) is 17.3 Å². The molecule has 0 aliphatic heterocycles. The molecule has 0 heterocycles. The first kappa shape index (κ1) is 24.8. The number of carbonyl (C=O) groups excluding carboxylic acids is 3. The van der Waals surface area contributed by atoms with Gasteiger partial charge in [0.15, 0.2) is 5.78 Å². The molecule has 0 rings (SSSR count). The zero-order chi connectivity index (χ0) is 21.0. The molecule has 0 aromatic rings. The molecule has 0 aromatic heterocycles. The molecule has 0 amide bonds. The van der Waals surface area contributed by atoms with E-state index in [0.717, 1.165) is 11.1 Å². The van der Waals surface area contributed by atoms with Crippen LogP contribution in [0.2, 0.25) is 0 Å². The largest absolute Gasteiger partial charge is 0.300 e. The van der Waals surface area contributed by atoms with Crippen LogP contribution in [-0.2, 0) is 14.4 Å². The number of carbonyl (C=O) groups is 3. The first-order valence-electron chi connectivity index (χ1n) is 9.77. The van der Waals surface area contributed by atoms with Crippen molar-refractivity contribution in [2.24, 2.45) is 28.6 Å². The smallest absolute Gasteiger partial charge is 0.162 e. The summed E-state index contributed by atoms with van der Waals surface area (Å²) >= 11 is 0. The molecule has 0 saturated carbocycles. The predicted molar refractivity (Wildman–Crippen MR) is 109 cm³/mol. The third kappa shape index (κ3) is 7.17. The molecule has 0 radical (unpaired) electrons. The Morgan fingerprint density at radius 2 is 1.27 bits per heavy atom. The number of ketones is 3. The normalized spacial score (nSPS) is 16.2. The summed E-state index contributed by atoms with van der Waals surface area (Å²) in [4.78, 5) is 37.7. The third-order valence-electron chi connectivity index (χ3n) is 5.36. The Kier molecular flexibility index (Phi) is 8.66. The van der Waals surface area contributed by atoms with Crippen LogP contribution in [0.1, 0.15) is 89.0 Å². The van der Waals surface area contributed by atoms with Crippen molar-refractivity contribution in [3.8, 4) is 0 Å². The zero-order valence-corrected chi connectivity index (χ0v) is 18.9. The number of rotatable bonds is 8. The number of hydrogen-bond acceptors (Lipinski definition) is 3. The molecule has 3 nitrogen and oxygen atoms in total. The minimum absolute atomic E-state index is 0.0505. The van der Waals surface area contributed by atoms with Gasteiger partial charge >= 0.3 is 0 Å². The van der Waals surface area contributed by atoms with Crippen LogP contribution >= 0.6 is 0 Å². The van der Waals surface area contributed by atoms with Gasteiger partial charge in [0.25, 0.3) is 0 Å². The standard InChI is InChI=1S/C23H40O3/c1-14(2)18(12-15(3)17(5)24)16(4)21(26)19(22(6,7)8)13-20(25)23(9,10)11/h14-15,19H,12-13H2,1-11H3/b18-16-. The van der Waals surface area contributed by atoms with Gasteiger partial charge < -0.3 is 0 Å². The lowest BCUT2D eigenvalue weighted by molar-refractivity contribution is -0.133. The van der Waals surface area contributed by atoms with Gasteiger partial charge in [-0.1, -0.05) is 67.9 Å². The highest BCUT2D eigenvalue weighted by Crippen LogP contribution is 2.36. The lowest BCUT2D eigenvalue weighted by Crippen LogP contribution is -2.35. The summed E-state index contributed by atoms with van der Waals surface area (Å²) in [6, 6.07) is 0. The molecule has 0 aromatic carbocycles. The summed E-state index contributed by atoms with van der Waals surface area (Å²) in [6.45, 7) is 21.3. The fourth-order valence-corrected chi connectivity index (χ4v) is 3.00. The summed E-state index contributed by atoms with van der Waals surface area (Å²) < 4.78 is 0. The van der Waals surface area contributed by atoms with Crippen molar-refractivity contribution in [1.29, 1.82) is 0 Å². The minimum Gasteiger partial charge on any atom is -0.300 e. The van der Waals surface area contributed by atoms with Crippen molar-refractivity contribution >= 4 is 17.3 Å². The van der Waals surface area contributed by atoms with Crippen molar-refractivity contribution in [3.63, 3.8) is 0 Å². The predicted octanol–water partition coefficient (Wildman–Crippen LogP) is 5.81. The van der Waals surface area contributed by atoms with Crippen molar-refractivity contribution in [1.82, 2.24) is 0 Å². The summed E-state index contributed by atoms with van der Waals surface area (Å²) in [5, 5.41) is 0. The molecule has 0 saturated heterocycles. The molecule has 2 unspecified atom stereocenters. The van der Waals surface area contributed by atoms with E-state index >= 15 is 0 Å². The Bertz CT molecular complexity index is 565. The van der Waals surface area contributed by atoms with Crippen LogP contribution in [0.15, 0.2) is 11.1 Å². The van der Waals surface area contributed by atoms with Gasteiger partial charge in [0.1, 0.15) is 11.6 Å². The first-order valence-corrected chi connectivity index (χ1v) is 9.77. The van der Waals surface area contributed by atoms with E-state index in [1.165, 1.54) is 0 Å².